The molecule has 0 unspecified atom stereocenters. The molecule has 90 valence electrons. The first kappa shape index (κ1) is 11.9. The highest BCUT2D eigenvalue weighted by Gasteiger charge is 2.12. The van der Waals surface area contributed by atoms with Crippen molar-refractivity contribution in [3.63, 3.8) is 0 Å². The summed E-state index contributed by atoms with van der Waals surface area (Å²) in [5.41, 5.74) is 5.40. The van der Waals surface area contributed by atoms with Crippen LogP contribution in [-0.4, -0.2) is 15.0 Å². The molecule has 0 aliphatic rings. The molecule has 2 rings (SSSR count). The number of thiazole rings is 1. The zero-order valence-corrected chi connectivity index (χ0v) is 10.9. The summed E-state index contributed by atoms with van der Waals surface area (Å²) in [4.78, 5) is 13.3. The van der Waals surface area contributed by atoms with E-state index in [0.29, 0.717) is 11.6 Å². The van der Waals surface area contributed by atoms with Crippen LogP contribution in [0.3, 0.4) is 0 Å². The summed E-state index contributed by atoms with van der Waals surface area (Å²) in [6, 6.07) is 0. The third-order valence-electron chi connectivity index (χ3n) is 2.57. The highest BCUT2D eigenvalue weighted by atomic mass is 32.1. The molecule has 2 heterocycles. The monoisotopic (exact) mass is 249 g/mol. The number of nitrogens with two attached hydrogens (primary N) is 1. The van der Waals surface area contributed by atoms with Gasteiger partial charge in [0.1, 0.15) is 11.5 Å². The normalized spacial score (nSPS) is 10.6. The summed E-state index contributed by atoms with van der Waals surface area (Å²) in [5, 5.41) is 2.96. The van der Waals surface area contributed by atoms with Crippen LogP contribution in [0.4, 0.5) is 5.82 Å². The Labute approximate surface area is 104 Å². The summed E-state index contributed by atoms with van der Waals surface area (Å²) in [7, 11) is 0. The Hall–Kier alpha value is -1.53. The average Bonchev–Trinajstić information content (AvgIpc) is 2.76. The van der Waals surface area contributed by atoms with Crippen LogP contribution in [0.15, 0.2) is 5.38 Å². The van der Waals surface area contributed by atoms with Gasteiger partial charge in [-0.05, 0) is 20.3 Å². The maximum absolute atomic E-state index is 5.47. The van der Waals surface area contributed by atoms with Crippen LogP contribution < -0.4 is 11.3 Å². The predicted molar refractivity (Wildman–Crippen MR) is 69.8 cm³/mol. The molecule has 0 atom stereocenters. The Balaban J connectivity index is 2.55. The second-order valence-corrected chi connectivity index (χ2v) is 4.78. The van der Waals surface area contributed by atoms with Gasteiger partial charge in [0, 0.05) is 16.6 Å². The van der Waals surface area contributed by atoms with Crippen molar-refractivity contribution in [2.75, 3.05) is 5.43 Å². The van der Waals surface area contributed by atoms with Gasteiger partial charge in [-0.25, -0.2) is 20.8 Å². The number of nitrogen functional groups attached to an aromatic ring is 1. The topological polar surface area (TPSA) is 76.7 Å². The first-order valence-electron chi connectivity index (χ1n) is 5.42. The third kappa shape index (κ3) is 2.27. The molecule has 0 aliphatic heterocycles. The fraction of sp³-hybridized carbons (Fsp3) is 0.364. The number of rotatable bonds is 3. The molecule has 6 heteroatoms. The molecular formula is C11H15N5S. The van der Waals surface area contributed by atoms with Gasteiger partial charge in [-0.1, -0.05) is 6.92 Å². The van der Waals surface area contributed by atoms with Crippen LogP contribution in [0.2, 0.25) is 0 Å². The van der Waals surface area contributed by atoms with E-state index in [-0.39, 0.29) is 0 Å². The van der Waals surface area contributed by atoms with Crippen LogP contribution in [0, 0.1) is 13.8 Å². The van der Waals surface area contributed by atoms with Crippen molar-refractivity contribution in [3.8, 4) is 11.5 Å². The van der Waals surface area contributed by atoms with Crippen LogP contribution in [0.25, 0.3) is 11.5 Å². The average molecular weight is 249 g/mol. The summed E-state index contributed by atoms with van der Waals surface area (Å²) >= 11 is 1.59. The van der Waals surface area contributed by atoms with Gasteiger partial charge in [0.05, 0.1) is 5.01 Å². The van der Waals surface area contributed by atoms with E-state index in [1.54, 1.807) is 11.3 Å². The molecule has 3 N–H and O–H groups in total. The van der Waals surface area contributed by atoms with Gasteiger partial charge in [-0.3, -0.25) is 0 Å². The molecule has 0 aromatic carbocycles. The lowest BCUT2D eigenvalue weighted by Gasteiger charge is -2.09. The van der Waals surface area contributed by atoms with E-state index in [4.69, 9.17) is 5.84 Å². The zero-order valence-electron chi connectivity index (χ0n) is 10.1. The minimum atomic E-state index is 0.629. The third-order valence-corrected chi connectivity index (χ3v) is 3.34. The molecule has 0 bridgehead atoms. The SMILES string of the molecule is CCc1nc(-c2csc(C)n2)nc(NN)c1C. The molecule has 2 aromatic rings. The molecule has 0 aliphatic carbocycles. The fourth-order valence-corrected chi connectivity index (χ4v) is 2.22. The molecule has 0 amide bonds. The lowest BCUT2D eigenvalue weighted by Crippen LogP contribution is -2.13. The minimum absolute atomic E-state index is 0.629. The number of hydrazine groups is 1. The smallest absolute Gasteiger partial charge is 0.181 e. The Morgan fingerprint density at radius 1 is 1.29 bits per heavy atom. The van der Waals surface area contributed by atoms with Crippen LogP contribution >= 0.6 is 11.3 Å². The van der Waals surface area contributed by atoms with Crippen molar-refractivity contribution in [1.29, 1.82) is 0 Å². The first-order chi connectivity index (χ1) is 8.15. The maximum atomic E-state index is 5.47. The maximum Gasteiger partial charge on any atom is 0.181 e. The molecule has 17 heavy (non-hydrogen) atoms. The van der Waals surface area contributed by atoms with E-state index in [1.807, 2.05) is 19.2 Å². The predicted octanol–water partition coefficient (Wildman–Crippen LogP) is 2.06. The van der Waals surface area contributed by atoms with Crippen LogP contribution in [0.1, 0.15) is 23.2 Å². The van der Waals surface area contributed by atoms with Gasteiger partial charge in [0.15, 0.2) is 5.82 Å². The number of nitrogens with one attached hydrogen (secondary N) is 1. The number of hydrogen-bond donors (Lipinski definition) is 2. The van der Waals surface area contributed by atoms with E-state index in [0.717, 1.165) is 28.4 Å². The summed E-state index contributed by atoms with van der Waals surface area (Å²) < 4.78 is 0. The first-order valence-corrected chi connectivity index (χ1v) is 6.30. The molecular weight excluding hydrogens is 234 g/mol. The Bertz CT molecular complexity index is 509. The molecule has 0 saturated carbocycles. The Morgan fingerprint density at radius 2 is 2.06 bits per heavy atom. The van der Waals surface area contributed by atoms with Crippen LogP contribution in [-0.2, 0) is 6.42 Å². The number of hydrogen-bond acceptors (Lipinski definition) is 6. The molecule has 0 radical (unpaired) electrons. The lowest BCUT2D eigenvalue weighted by atomic mass is 10.2. The molecule has 2 aromatic heterocycles. The summed E-state index contributed by atoms with van der Waals surface area (Å²) in [5.74, 6) is 6.76. The van der Waals surface area contributed by atoms with Gasteiger partial charge in [0.2, 0.25) is 0 Å². The van der Waals surface area contributed by atoms with Gasteiger partial charge in [-0.2, -0.15) is 0 Å². The minimum Gasteiger partial charge on any atom is -0.308 e. The largest absolute Gasteiger partial charge is 0.308 e. The quantitative estimate of drug-likeness (QED) is 0.643. The van der Waals surface area contributed by atoms with Gasteiger partial charge in [0.25, 0.3) is 0 Å². The number of aryl methyl sites for hydroxylation is 2. The molecule has 0 spiro atoms. The number of nitrogens with zero attached hydrogens (tertiary/aromatic N) is 3. The Kier molecular flexibility index (Phi) is 3.35. The standard InChI is InChI=1S/C11H15N5S/c1-4-8-6(2)10(16-12)15-11(14-8)9-5-17-7(3)13-9/h5H,4,12H2,1-3H3,(H,14,15,16). The van der Waals surface area contributed by atoms with E-state index in [1.165, 1.54) is 0 Å². The molecule has 0 fully saturated rings. The van der Waals surface area contributed by atoms with E-state index in [9.17, 15) is 0 Å². The van der Waals surface area contributed by atoms with Gasteiger partial charge in [-0.15, -0.1) is 11.3 Å². The Morgan fingerprint density at radius 3 is 2.59 bits per heavy atom. The van der Waals surface area contributed by atoms with Gasteiger partial charge >= 0.3 is 0 Å². The van der Waals surface area contributed by atoms with Gasteiger partial charge < -0.3 is 5.43 Å². The molecule has 5 nitrogen and oxygen atoms in total. The van der Waals surface area contributed by atoms with Crippen molar-refractivity contribution in [2.24, 2.45) is 5.84 Å². The second-order valence-electron chi connectivity index (χ2n) is 3.72. The van der Waals surface area contributed by atoms with Crippen molar-refractivity contribution >= 4 is 17.2 Å². The highest BCUT2D eigenvalue weighted by molar-refractivity contribution is 7.09. The summed E-state index contributed by atoms with van der Waals surface area (Å²) in [6.45, 7) is 5.99. The van der Waals surface area contributed by atoms with E-state index < -0.39 is 0 Å². The second kappa shape index (κ2) is 4.77. The molecule has 0 saturated heterocycles. The zero-order chi connectivity index (χ0) is 12.4. The summed E-state index contributed by atoms with van der Waals surface area (Å²) in [6.07, 6.45) is 0.846. The highest BCUT2D eigenvalue weighted by Crippen LogP contribution is 2.22. The van der Waals surface area contributed by atoms with Crippen molar-refractivity contribution in [3.05, 3.63) is 21.6 Å². The lowest BCUT2D eigenvalue weighted by molar-refractivity contribution is 0.968. The van der Waals surface area contributed by atoms with E-state index in [2.05, 4.69) is 27.3 Å². The number of anilines is 1. The van der Waals surface area contributed by atoms with E-state index >= 15 is 0 Å². The van der Waals surface area contributed by atoms with Crippen LogP contribution in [0.5, 0.6) is 0 Å². The number of aromatic nitrogens is 3. The van der Waals surface area contributed by atoms with Crippen molar-refractivity contribution in [1.82, 2.24) is 15.0 Å². The van der Waals surface area contributed by atoms with Crippen molar-refractivity contribution < 1.29 is 0 Å². The fourth-order valence-electron chi connectivity index (χ4n) is 1.63. The van der Waals surface area contributed by atoms with Crippen molar-refractivity contribution in [2.45, 2.75) is 27.2 Å².